The number of halogens is 1. The molecule has 0 radical (unpaired) electrons. The van der Waals surface area contributed by atoms with Gasteiger partial charge in [-0.2, -0.15) is 10.1 Å². The molecule has 6 nitrogen and oxygen atoms in total. The second-order valence-electron chi connectivity index (χ2n) is 4.62. The summed E-state index contributed by atoms with van der Waals surface area (Å²) in [6, 6.07) is 0. The molecular formula is C13H15ClN6. The fraction of sp³-hybridized carbons (Fsp3) is 0.385. The summed E-state index contributed by atoms with van der Waals surface area (Å²) < 4.78 is 1.82. The van der Waals surface area contributed by atoms with Crippen LogP contribution in [-0.4, -0.2) is 32.5 Å². The van der Waals surface area contributed by atoms with E-state index in [4.69, 9.17) is 11.6 Å². The summed E-state index contributed by atoms with van der Waals surface area (Å²) in [4.78, 5) is 14.8. The average molecular weight is 291 g/mol. The van der Waals surface area contributed by atoms with Crippen molar-refractivity contribution in [3.63, 3.8) is 0 Å². The second kappa shape index (κ2) is 5.20. The lowest BCUT2D eigenvalue weighted by atomic mass is 10.2. The van der Waals surface area contributed by atoms with Crippen LogP contribution in [0.25, 0.3) is 11.0 Å². The van der Waals surface area contributed by atoms with Gasteiger partial charge in [-0.1, -0.05) is 13.3 Å². The molecule has 0 fully saturated rings. The van der Waals surface area contributed by atoms with Crippen LogP contribution in [0.15, 0.2) is 17.4 Å². The van der Waals surface area contributed by atoms with E-state index in [0.717, 1.165) is 35.4 Å². The minimum atomic E-state index is 0.244. The van der Waals surface area contributed by atoms with Crippen LogP contribution >= 0.6 is 11.6 Å². The van der Waals surface area contributed by atoms with E-state index in [1.54, 1.807) is 6.20 Å². The molecule has 3 rings (SSSR count). The highest BCUT2D eigenvalue weighted by Gasteiger charge is 2.19. The van der Waals surface area contributed by atoms with Gasteiger partial charge in [0.05, 0.1) is 12.2 Å². The van der Waals surface area contributed by atoms with Gasteiger partial charge in [0.15, 0.2) is 5.82 Å². The van der Waals surface area contributed by atoms with E-state index in [9.17, 15) is 0 Å². The van der Waals surface area contributed by atoms with Gasteiger partial charge in [0.2, 0.25) is 5.28 Å². The highest BCUT2D eigenvalue weighted by atomic mass is 35.5. The van der Waals surface area contributed by atoms with Crippen molar-refractivity contribution >= 4 is 34.7 Å². The van der Waals surface area contributed by atoms with Crippen LogP contribution < -0.4 is 4.90 Å². The van der Waals surface area contributed by atoms with Crippen LogP contribution in [0.2, 0.25) is 5.28 Å². The van der Waals surface area contributed by atoms with Crippen LogP contribution in [0, 0.1) is 0 Å². The third-order valence-corrected chi connectivity index (χ3v) is 3.35. The van der Waals surface area contributed by atoms with Gasteiger partial charge in [0.25, 0.3) is 0 Å². The number of anilines is 1. The molecule has 0 bridgehead atoms. The Morgan fingerprint density at radius 1 is 1.35 bits per heavy atom. The quantitative estimate of drug-likeness (QED) is 0.814. The van der Waals surface area contributed by atoms with E-state index in [1.165, 1.54) is 0 Å². The number of fused-ring (bicyclic) bond motifs is 1. The number of aromatic nitrogens is 4. The van der Waals surface area contributed by atoms with Crippen molar-refractivity contribution in [3.8, 4) is 0 Å². The minimum Gasteiger partial charge on any atom is -0.324 e. The number of aryl methyl sites for hydroxylation is 2. The summed E-state index contributed by atoms with van der Waals surface area (Å²) in [7, 11) is 1.91. The minimum absolute atomic E-state index is 0.244. The molecule has 2 aromatic heterocycles. The summed E-state index contributed by atoms with van der Waals surface area (Å²) >= 11 is 6.08. The molecule has 0 aliphatic carbocycles. The SMILES string of the molecule is CCCc1nn(C)c2c(N3C=CN=CC3)nc(Cl)nc12. The fourth-order valence-corrected chi connectivity index (χ4v) is 2.50. The van der Waals surface area contributed by atoms with Gasteiger partial charge >= 0.3 is 0 Å². The molecule has 0 atom stereocenters. The monoisotopic (exact) mass is 290 g/mol. The van der Waals surface area contributed by atoms with Crippen molar-refractivity contribution in [1.29, 1.82) is 0 Å². The van der Waals surface area contributed by atoms with Gasteiger partial charge < -0.3 is 4.90 Å². The first-order chi connectivity index (χ1) is 9.70. The molecule has 1 aliphatic heterocycles. The van der Waals surface area contributed by atoms with Crippen molar-refractivity contribution in [2.24, 2.45) is 12.0 Å². The van der Waals surface area contributed by atoms with Crippen molar-refractivity contribution in [1.82, 2.24) is 19.7 Å². The molecule has 0 amide bonds. The molecule has 0 N–H and O–H groups in total. The third-order valence-electron chi connectivity index (χ3n) is 3.18. The zero-order valence-electron chi connectivity index (χ0n) is 11.4. The lowest BCUT2D eigenvalue weighted by Gasteiger charge is -2.19. The van der Waals surface area contributed by atoms with Gasteiger partial charge in [0.1, 0.15) is 11.0 Å². The first kappa shape index (κ1) is 13.1. The third kappa shape index (κ3) is 2.16. The van der Waals surface area contributed by atoms with E-state index < -0.39 is 0 Å². The molecule has 1 aliphatic rings. The van der Waals surface area contributed by atoms with Gasteiger partial charge in [0, 0.05) is 25.7 Å². The van der Waals surface area contributed by atoms with Gasteiger partial charge in [-0.25, -0.2) is 4.98 Å². The Hall–Kier alpha value is -1.95. The molecule has 0 aromatic carbocycles. The molecule has 20 heavy (non-hydrogen) atoms. The van der Waals surface area contributed by atoms with E-state index in [0.29, 0.717) is 6.54 Å². The van der Waals surface area contributed by atoms with E-state index >= 15 is 0 Å². The standard InChI is InChI=1S/C13H15ClN6/c1-3-4-9-10-11(19(2)18-9)12(17-13(14)16-10)20-7-5-15-6-8-20/h5-7H,3-4,8H2,1-2H3. The van der Waals surface area contributed by atoms with Gasteiger partial charge in [-0.3, -0.25) is 9.67 Å². The Morgan fingerprint density at radius 2 is 2.20 bits per heavy atom. The molecule has 2 aromatic rings. The van der Waals surface area contributed by atoms with Crippen molar-refractivity contribution < 1.29 is 0 Å². The topological polar surface area (TPSA) is 59.2 Å². The summed E-state index contributed by atoms with van der Waals surface area (Å²) in [6.07, 6.45) is 7.32. The van der Waals surface area contributed by atoms with E-state index in [2.05, 4.69) is 27.0 Å². The Kier molecular flexibility index (Phi) is 3.40. The van der Waals surface area contributed by atoms with Gasteiger partial charge in [-0.15, -0.1) is 0 Å². The lowest BCUT2D eigenvalue weighted by molar-refractivity contribution is 0.752. The molecule has 0 saturated heterocycles. The fourth-order valence-electron chi connectivity index (χ4n) is 2.33. The second-order valence-corrected chi connectivity index (χ2v) is 4.95. The van der Waals surface area contributed by atoms with Crippen LogP contribution in [0.4, 0.5) is 5.82 Å². The molecule has 104 valence electrons. The Bertz CT molecular complexity index is 702. The van der Waals surface area contributed by atoms with Crippen LogP contribution in [-0.2, 0) is 13.5 Å². The molecule has 0 saturated carbocycles. The summed E-state index contributed by atoms with van der Waals surface area (Å²) in [5, 5.41) is 4.79. The molecule has 3 heterocycles. The normalized spacial score (nSPS) is 14.4. The zero-order chi connectivity index (χ0) is 14.1. The molecular weight excluding hydrogens is 276 g/mol. The number of rotatable bonds is 3. The van der Waals surface area contributed by atoms with Crippen LogP contribution in [0.5, 0.6) is 0 Å². The number of hydrogen-bond acceptors (Lipinski definition) is 5. The number of aliphatic imine (C=N–C) groups is 1. The Balaban J connectivity index is 2.21. The van der Waals surface area contributed by atoms with Crippen LogP contribution in [0.3, 0.4) is 0 Å². The highest BCUT2D eigenvalue weighted by molar-refractivity contribution is 6.28. The maximum atomic E-state index is 6.08. The smallest absolute Gasteiger partial charge is 0.225 e. The Morgan fingerprint density at radius 3 is 2.90 bits per heavy atom. The van der Waals surface area contributed by atoms with Crippen LogP contribution in [0.1, 0.15) is 19.0 Å². The summed E-state index contributed by atoms with van der Waals surface area (Å²) in [5.74, 6) is 0.764. The first-order valence-electron chi connectivity index (χ1n) is 6.54. The maximum Gasteiger partial charge on any atom is 0.225 e. The first-order valence-corrected chi connectivity index (χ1v) is 6.92. The lowest BCUT2D eigenvalue weighted by Crippen LogP contribution is -2.22. The predicted octanol–water partition coefficient (Wildman–Crippen LogP) is 2.33. The van der Waals surface area contributed by atoms with E-state index in [-0.39, 0.29) is 5.28 Å². The molecule has 0 spiro atoms. The molecule has 7 heteroatoms. The van der Waals surface area contributed by atoms with E-state index in [1.807, 2.05) is 29.0 Å². The Labute approximate surface area is 121 Å². The van der Waals surface area contributed by atoms with Crippen molar-refractivity contribution in [2.45, 2.75) is 19.8 Å². The predicted molar refractivity (Wildman–Crippen MR) is 80.3 cm³/mol. The largest absolute Gasteiger partial charge is 0.324 e. The summed E-state index contributed by atoms with van der Waals surface area (Å²) in [5.41, 5.74) is 2.70. The highest BCUT2D eigenvalue weighted by Crippen LogP contribution is 2.28. The molecule has 0 unspecified atom stereocenters. The average Bonchev–Trinajstić information content (AvgIpc) is 2.76. The van der Waals surface area contributed by atoms with Crippen molar-refractivity contribution in [3.05, 3.63) is 23.4 Å². The number of nitrogens with zero attached hydrogens (tertiary/aromatic N) is 6. The number of hydrogen-bond donors (Lipinski definition) is 0. The summed E-state index contributed by atoms with van der Waals surface area (Å²) in [6.45, 7) is 2.78. The maximum absolute atomic E-state index is 6.08. The van der Waals surface area contributed by atoms with Gasteiger partial charge in [-0.05, 0) is 18.0 Å². The zero-order valence-corrected chi connectivity index (χ0v) is 12.2. The van der Waals surface area contributed by atoms with Crippen molar-refractivity contribution in [2.75, 3.05) is 11.4 Å².